The number of hydrogen-bond acceptors (Lipinski definition) is 3. The van der Waals surface area contributed by atoms with Crippen molar-refractivity contribution in [2.45, 2.75) is 33.1 Å². The predicted molar refractivity (Wildman–Crippen MR) is 106 cm³/mol. The van der Waals surface area contributed by atoms with E-state index in [0.29, 0.717) is 17.7 Å². The molecule has 26 heavy (non-hydrogen) atoms. The van der Waals surface area contributed by atoms with E-state index in [1.807, 2.05) is 37.3 Å². The van der Waals surface area contributed by atoms with Crippen LogP contribution in [-0.4, -0.2) is 22.7 Å². The Balaban J connectivity index is 2.34. The smallest absolute Gasteiger partial charge is 0.236 e. The van der Waals surface area contributed by atoms with Crippen molar-refractivity contribution in [3.8, 4) is 5.75 Å². The molecule has 0 saturated heterocycles. The Morgan fingerprint density at radius 2 is 1.85 bits per heavy atom. The van der Waals surface area contributed by atoms with Crippen LogP contribution in [0.5, 0.6) is 5.75 Å². The molecule has 1 unspecified atom stereocenters. The Labute approximate surface area is 155 Å². The summed E-state index contributed by atoms with van der Waals surface area (Å²) in [4.78, 5) is 14.8. The molecule has 0 saturated carbocycles. The second kappa shape index (κ2) is 9.20. The number of allylic oxidation sites excluding steroid dienone is 1. The Bertz CT molecular complexity index is 755. The third-order valence-corrected chi connectivity index (χ3v) is 4.40. The first-order valence-electron chi connectivity index (χ1n) is 8.88. The number of aliphatic hydroxyl groups is 1. The van der Waals surface area contributed by atoms with Gasteiger partial charge in [-0.05, 0) is 69.0 Å². The fraction of sp³-hybridized carbons (Fsp3) is 0.318. The number of phenolic OH excluding ortho intramolecular Hbond substituents is 1. The summed E-state index contributed by atoms with van der Waals surface area (Å²) in [7, 11) is 0. The van der Waals surface area contributed by atoms with E-state index in [2.05, 4.69) is 6.58 Å². The maximum Gasteiger partial charge on any atom is 0.236 e. The van der Waals surface area contributed by atoms with Crippen molar-refractivity contribution in [2.75, 3.05) is 11.5 Å². The number of rotatable bonds is 8. The quantitative estimate of drug-likeness (QED) is 0.675. The zero-order chi connectivity index (χ0) is 19.1. The van der Waals surface area contributed by atoms with Crippen LogP contribution in [0.4, 0.5) is 11.4 Å². The fourth-order valence-electron chi connectivity index (χ4n) is 2.89. The van der Waals surface area contributed by atoms with Gasteiger partial charge in [-0.1, -0.05) is 23.8 Å². The van der Waals surface area contributed by atoms with E-state index >= 15 is 0 Å². The Morgan fingerprint density at radius 1 is 1.15 bits per heavy atom. The van der Waals surface area contributed by atoms with Crippen molar-refractivity contribution in [1.82, 2.24) is 0 Å². The van der Waals surface area contributed by atoms with E-state index in [1.54, 1.807) is 30.0 Å². The summed E-state index contributed by atoms with van der Waals surface area (Å²) in [6, 6.07) is 14.5. The lowest BCUT2D eigenvalue weighted by molar-refractivity contribution is -0.123. The number of amides is 1. The highest BCUT2D eigenvalue weighted by Gasteiger charge is 2.26. The third kappa shape index (κ3) is 4.96. The minimum Gasteiger partial charge on any atom is -0.508 e. The molecular weight excluding hydrogens is 326 g/mol. The molecule has 4 heteroatoms. The minimum atomic E-state index is -0.483. The van der Waals surface area contributed by atoms with Gasteiger partial charge < -0.3 is 10.2 Å². The molecule has 0 heterocycles. The lowest BCUT2D eigenvalue weighted by Crippen LogP contribution is -2.34. The minimum absolute atomic E-state index is 0.148. The van der Waals surface area contributed by atoms with Crippen LogP contribution >= 0.6 is 0 Å². The SMILES string of the molecule is C=C(C)CCCC(CO)C(=O)N(c1ccccc1)c1ccc(O)c(C)c1. The second-order valence-electron chi connectivity index (χ2n) is 6.71. The van der Waals surface area contributed by atoms with Gasteiger partial charge in [-0.25, -0.2) is 0 Å². The maximum absolute atomic E-state index is 13.2. The van der Waals surface area contributed by atoms with Crippen molar-refractivity contribution >= 4 is 17.3 Å². The molecule has 2 N–H and O–H groups in total. The number of nitrogens with zero attached hydrogens (tertiary/aromatic N) is 1. The molecule has 0 spiro atoms. The van der Waals surface area contributed by atoms with Gasteiger partial charge in [0, 0.05) is 11.4 Å². The average molecular weight is 353 g/mol. The summed E-state index contributed by atoms with van der Waals surface area (Å²) in [5.74, 6) is -0.441. The first-order chi connectivity index (χ1) is 12.4. The summed E-state index contributed by atoms with van der Waals surface area (Å²) in [5, 5.41) is 19.6. The normalized spacial score (nSPS) is 11.8. The number of aromatic hydroxyl groups is 1. The van der Waals surface area contributed by atoms with E-state index in [9.17, 15) is 15.0 Å². The standard InChI is InChI=1S/C22H27NO3/c1-16(2)8-7-9-18(15-24)22(26)23(19-10-5-4-6-11-19)20-12-13-21(25)17(3)14-20/h4-6,10-14,18,24-25H,1,7-9,15H2,2-3H3. The predicted octanol–water partition coefficient (Wildman–Crippen LogP) is 4.72. The van der Waals surface area contributed by atoms with Gasteiger partial charge in [-0.3, -0.25) is 9.69 Å². The highest BCUT2D eigenvalue weighted by atomic mass is 16.3. The van der Waals surface area contributed by atoms with Crippen LogP contribution in [0.25, 0.3) is 0 Å². The average Bonchev–Trinajstić information content (AvgIpc) is 2.62. The van der Waals surface area contributed by atoms with Crippen molar-refractivity contribution in [3.05, 3.63) is 66.2 Å². The van der Waals surface area contributed by atoms with Crippen LogP contribution in [0.2, 0.25) is 0 Å². The van der Waals surface area contributed by atoms with Crippen molar-refractivity contribution < 1.29 is 15.0 Å². The molecule has 2 aromatic carbocycles. The van der Waals surface area contributed by atoms with E-state index in [1.165, 1.54) is 0 Å². The van der Waals surface area contributed by atoms with Crippen molar-refractivity contribution in [1.29, 1.82) is 0 Å². The first kappa shape index (κ1) is 19.7. The van der Waals surface area contributed by atoms with Gasteiger partial charge in [0.25, 0.3) is 0 Å². The zero-order valence-corrected chi connectivity index (χ0v) is 15.5. The van der Waals surface area contributed by atoms with Crippen molar-refractivity contribution in [3.63, 3.8) is 0 Å². The molecule has 138 valence electrons. The second-order valence-corrected chi connectivity index (χ2v) is 6.71. The van der Waals surface area contributed by atoms with Crippen molar-refractivity contribution in [2.24, 2.45) is 5.92 Å². The monoisotopic (exact) mass is 353 g/mol. The number of hydrogen-bond donors (Lipinski definition) is 2. The van der Waals surface area contributed by atoms with E-state index in [4.69, 9.17) is 0 Å². The molecule has 0 aromatic heterocycles. The molecule has 0 aliphatic carbocycles. The molecule has 2 aromatic rings. The highest BCUT2D eigenvalue weighted by Crippen LogP contribution is 2.31. The zero-order valence-electron chi connectivity index (χ0n) is 15.5. The summed E-state index contributed by atoms with van der Waals surface area (Å²) in [5.41, 5.74) is 3.18. The molecule has 0 aliphatic rings. The summed E-state index contributed by atoms with van der Waals surface area (Å²) < 4.78 is 0. The van der Waals surface area contributed by atoms with Gasteiger partial charge in [0.05, 0.1) is 12.5 Å². The van der Waals surface area contributed by atoms with E-state index < -0.39 is 5.92 Å². The number of anilines is 2. The maximum atomic E-state index is 13.2. The number of para-hydroxylation sites is 1. The van der Waals surface area contributed by atoms with Crippen LogP contribution < -0.4 is 4.90 Å². The Kier molecular flexibility index (Phi) is 6.98. The molecule has 0 bridgehead atoms. The van der Waals surface area contributed by atoms with Crippen LogP contribution in [0, 0.1) is 12.8 Å². The third-order valence-electron chi connectivity index (χ3n) is 4.40. The fourth-order valence-corrected chi connectivity index (χ4v) is 2.89. The van der Waals surface area contributed by atoms with Gasteiger partial charge in [0.2, 0.25) is 5.91 Å². The first-order valence-corrected chi connectivity index (χ1v) is 8.88. The highest BCUT2D eigenvalue weighted by molar-refractivity contribution is 6.02. The molecule has 1 amide bonds. The molecule has 1 atom stereocenters. The van der Waals surface area contributed by atoms with Crippen LogP contribution in [0.15, 0.2) is 60.7 Å². The lowest BCUT2D eigenvalue weighted by atomic mass is 9.98. The van der Waals surface area contributed by atoms with E-state index in [-0.39, 0.29) is 18.3 Å². The largest absolute Gasteiger partial charge is 0.508 e. The van der Waals surface area contributed by atoms with Crippen LogP contribution in [0.3, 0.4) is 0 Å². The summed E-state index contributed by atoms with van der Waals surface area (Å²) in [6.07, 6.45) is 2.25. The van der Waals surface area contributed by atoms with Gasteiger partial charge >= 0.3 is 0 Å². The number of benzene rings is 2. The molecule has 0 fully saturated rings. The molecule has 0 aliphatic heterocycles. The van der Waals surface area contributed by atoms with Crippen LogP contribution in [-0.2, 0) is 4.79 Å². The Hall–Kier alpha value is -2.59. The number of aliphatic hydroxyl groups excluding tert-OH is 1. The summed E-state index contributed by atoms with van der Waals surface area (Å²) in [6.45, 7) is 7.45. The van der Waals surface area contributed by atoms with E-state index in [0.717, 1.165) is 24.1 Å². The summed E-state index contributed by atoms with van der Waals surface area (Å²) >= 11 is 0. The van der Waals surface area contributed by atoms with Gasteiger partial charge in [0.1, 0.15) is 5.75 Å². The molecule has 0 radical (unpaired) electrons. The number of aryl methyl sites for hydroxylation is 1. The number of phenols is 1. The Morgan fingerprint density at radius 3 is 2.42 bits per heavy atom. The van der Waals surface area contributed by atoms with Gasteiger partial charge in [-0.2, -0.15) is 0 Å². The van der Waals surface area contributed by atoms with Crippen LogP contribution in [0.1, 0.15) is 31.7 Å². The molecule has 4 nitrogen and oxygen atoms in total. The molecule has 2 rings (SSSR count). The van der Waals surface area contributed by atoms with Gasteiger partial charge in [0.15, 0.2) is 0 Å². The van der Waals surface area contributed by atoms with Gasteiger partial charge in [-0.15, -0.1) is 6.58 Å². The molecular formula is C22H27NO3. The lowest BCUT2D eigenvalue weighted by Gasteiger charge is -2.27. The number of carbonyl (C=O) groups is 1. The topological polar surface area (TPSA) is 60.8 Å². The number of carbonyl (C=O) groups excluding carboxylic acids is 1.